The lowest BCUT2D eigenvalue weighted by molar-refractivity contribution is -0.114. The molecular weight excluding hydrogens is 258 g/mol. The Labute approximate surface area is 107 Å². The van der Waals surface area contributed by atoms with Gasteiger partial charge >= 0.3 is 5.97 Å². The molecule has 0 saturated heterocycles. The Morgan fingerprint density at radius 3 is 2.94 bits per heavy atom. The van der Waals surface area contributed by atoms with Gasteiger partial charge in [-0.05, 0) is 19.4 Å². The monoisotopic (exact) mass is 269 g/mol. The van der Waals surface area contributed by atoms with E-state index < -0.39 is 11.9 Å². The number of carbonyl (C=O) groups excluding carboxylic acids is 2. The van der Waals surface area contributed by atoms with Crippen LogP contribution < -0.4 is 5.32 Å². The molecule has 1 heterocycles. The number of hydrogen-bond acceptors (Lipinski definition) is 6. The number of hydrogen-bond donors (Lipinski definition) is 1. The van der Waals surface area contributed by atoms with Crippen molar-refractivity contribution in [1.82, 2.24) is 4.98 Å². The average molecular weight is 269 g/mol. The van der Waals surface area contributed by atoms with Gasteiger partial charge in [-0.15, -0.1) is 0 Å². The fraction of sp³-hybridized carbons (Fsp3) is 0.444. The molecule has 0 atom stereocenters. The number of nitrogens with zero attached hydrogens (tertiary/aromatic N) is 4. The van der Waals surface area contributed by atoms with Crippen LogP contribution in [0.25, 0.3) is 10.4 Å². The van der Waals surface area contributed by atoms with Crippen molar-refractivity contribution in [3.8, 4) is 0 Å². The minimum Gasteiger partial charge on any atom is -0.462 e. The van der Waals surface area contributed by atoms with Crippen molar-refractivity contribution < 1.29 is 14.3 Å². The highest BCUT2D eigenvalue weighted by molar-refractivity contribution is 7.17. The summed E-state index contributed by atoms with van der Waals surface area (Å²) in [7, 11) is 0. The second kappa shape index (κ2) is 6.58. The van der Waals surface area contributed by atoms with Crippen LogP contribution in [0.1, 0.15) is 22.3 Å². The molecule has 1 amide bonds. The quantitative estimate of drug-likeness (QED) is 0.380. The standard InChI is InChI=1S/C9H11N5O3S/c1-3-17-8(16)7-5(2)12-9(18-7)13-6(15)4-11-14-10/h3-4H2,1-2H3,(H,12,13,15). The summed E-state index contributed by atoms with van der Waals surface area (Å²) in [5, 5.41) is 5.82. The van der Waals surface area contributed by atoms with Crippen LogP contribution in [-0.2, 0) is 9.53 Å². The van der Waals surface area contributed by atoms with Gasteiger partial charge in [0.1, 0.15) is 11.4 Å². The van der Waals surface area contributed by atoms with E-state index in [1.54, 1.807) is 13.8 Å². The number of carbonyl (C=O) groups is 2. The molecular formula is C9H11N5O3S. The van der Waals surface area contributed by atoms with E-state index in [1.807, 2.05) is 0 Å². The van der Waals surface area contributed by atoms with E-state index >= 15 is 0 Å². The number of aromatic nitrogens is 1. The highest BCUT2D eigenvalue weighted by atomic mass is 32.1. The van der Waals surface area contributed by atoms with Crippen LogP contribution in [0.4, 0.5) is 5.13 Å². The van der Waals surface area contributed by atoms with Gasteiger partial charge in [0.2, 0.25) is 5.91 Å². The third-order valence-electron chi connectivity index (χ3n) is 1.78. The number of anilines is 1. The van der Waals surface area contributed by atoms with Gasteiger partial charge in [0, 0.05) is 4.91 Å². The Morgan fingerprint density at radius 2 is 2.33 bits per heavy atom. The van der Waals surface area contributed by atoms with Gasteiger partial charge in [-0.3, -0.25) is 4.79 Å². The molecule has 0 radical (unpaired) electrons. The molecule has 0 spiro atoms. The van der Waals surface area contributed by atoms with Gasteiger partial charge in [0.25, 0.3) is 0 Å². The van der Waals surface area contributed by atoms with Crippen molar-refractivity contribution in [2.45, 2.75) is 13.8 Å². The smallest absolute Gasteiger partial charge is 0.350 e. The zero-order valence-corrected chi connectivity index (χ0v) is 10.7. The molecule has 0 aliphatic heterocycles. The summed E-state index contributed by atoms with van der Waals surface area (Å²) in [6.45, 7) is 3.31. The van der Waals surface area contributed by atoms with E-state index in [2.05, 4.69) is 20.3 Å². The Morgan fingerprint density at radius 1 is 1.61 bits per heavy atom. The van der Waals surface area contributed by atoms with Gasteiger partial charge in [-0.2, -0.15) is 0 Å². The summed E-state index contributed by atoms with van der Waals surface area (Å²) in [5.41, 5.74) is 8.55. The number of aryl methyl sites for hydroxylation is 1. The van der Waals surface area contributed by atoms with E-state index in [0.717, 1.165) is 11.3 Å². The summed E-state index contributed by atoms with van der Waals surface area (Å²) in [6, 6.07) is 0. The van der Waals surface area contributed by atoms with Gasteiger partial charge in [0.05, 0.1) is 12.3 Å². The predicted molar refractivity (Wildman–Crippen MR) is 65.5 cm³/mol. The van der Waals surface area contributed by atoms with Crippen LogP contribution in [-0.4, -0.2) is 30.0 Å². The lowest BCUT2D eigenvalue weighted by Gasteiger charge is -1.97. The van der Waals surface area contributed by atoms with Gasteiger partial charge in [-0.1, -0.05) is 16.5 Å². The second-order valence-electron chi connectivity index (χ2n) is 3.09. The highest BCUT2D eigenvalue weighted by Crippen LogP contribution is 2.23. The van der Waals surface area contributed by atoms with Crippen LogP contribution in [0.3, 0.4) is 0 Å². The van der Waals surface area contributed by atoms with Crippen molar-refractivity contribution in [2.75, 3.05) is 18.5 Å². The van der Waals surface area contributed by atoms with Crippen LogP contribution in [0.15, 0.2) is 5.11 Å². The lowest BCUT2D eigenvalue weighted by atomic mass is 10.4. The Hall–Kier alpha value is -2.12. The summed E-state index contributed by atoms with van der Waals surface area (Å²) in [5.74, 6) is -0.958. The number of azide groups is 1. The molecule has 0 aliphatic carbocycles. The lowest BCUT2D eigenvalue weighted by Crippen LogP contribution is -2.13. The maximum absolute atomic E-state index is 11.5. The summed E-state index contributed by atoms with van der Waals surface area (Å²) < 4.78 is 4.84. The maximum Gasteiger partial charge on any atom is 0.350 e. The second-order valence-corrected chi connectivity index (χ2v) is 4.09. The van der Waals surface area contributed by atoms with Gasteiger partial charge < -0.3 is 10.1 Å². The highest BCUT2D eigenvalue weighted by Gasteiger charge is 2.17. The first-order chi connectivity index (χ1) is 8.58. The maximum atomic E-state index is 11.5. The summed E-state index contributed by atoms with van der Waals surface area (Å²) >= 11 is 1.02. The van der Waals surface area contributed by atoms with Gasteiger partial charge in [-0.25, -0.2) is 9.78 Å². The molecule has 1 N–H and O–H groups in total. The van der Waals surface area contributed by atoms with Crippen LogP contribution in [0.5, 0.6) is 0 Å². The fourth-order valence-corrected chi connectivity index (χ4v) is 1.97. The Bertz CT molecular complexity index is 506. The van der Waals surface area contributed by atoms with E-state index in [0.29, 0.717) is 10.6 Å². The fourth-order valence-electron chi connectivity index (χ4n) is 1.09. The number of amides is 1. The molecule has 0 aromatic carbocycles. The minimum atomic E-state index is -0.489. The number of ether oxygens (including phenoxy) is 1. The normalized spacial score (nSPS) is 9.44. The van der Waals surface area contributed by atoms with Crippen LogP contribution in [0, 0.1) is 6.92 Å². The molecule has 1 rings (SSSR count). The third kappa shape index (κ3) is 3.72. The van der Waals surface area contributed by atoms with Crippen molar-refractivity contribution in [1.29, 1.82) is 0 Å². The Kier molecular flexibility index (Phi) is 5.09. The van der Waals surface area contributed by atoms with E-state index in [9.17, 15) is 9.59 Å². The molecule has 0 saturated carbocycles. The number of nitrogens with one attached hydrogen (secondary N) is 1. The molecule has 8 nitrogen and oxygen atoms in total. The van der Waals surface area contributed by atoms with E-state index in [-0.39, 0.29) is 18.3 Å². The first-order valence-corrected chi connectivity index (χ1v) is 5.85. The van der Waals surface area contributed by atoms with E-state index in [4.69, 9.17) is 10.3 Å². The van der Waals surface area contributed by atoms with Crippen molar-refractivity contribution >= 4 is 28.3 Å². The Balaban J connectivity index is 2.75. The molecule has 0 bridgehead atoms. The number of rotatable bonds is 5. The largest absolute Gasteiger partial charge is 0.462 e. The first kappa shape index (κ1) is 13.9. The SMILES string of the molecule is CCOC(=O)c1sc(NC(=O)CN=[N+]=[N-])nc1C. The van der Waals surface area contributed by atoms with Crippen molar-refractivity contribution in [3.63, 3.8) is 0 Å². The average Bonchev–Trinajstić information content (AvgIpc) is 2.68. The number of esters is 1. The predicted octanol–water partition coefficient (Wildman–Crippen LogP) is 1.88. The van der Waals surface area contributed by atoms with Crippen LogP contribution >= 0.6 is 11.3 Å². The zero-order chi connectivity index (χ0) is 13.5. The van der Waals surface area contributed by atoms with Crippen molar-refractivity contribution in [3.05, 3.63) is 21.0 Å². The summed E-state index contributed by atoms with van der Waals surface area (Å²) in [6.07, 6.45) is 0. The summed E-state index contributed by atoms with van der Waals surface area (Å²) in [4.78, 5) is 29.6. The van der Waals surface area contributed by atoms with E-state index in [1.165, 1.54) is 0 Å². The third-order valence-corrected chi connectivity index (χ3v) is 2.83. The molecule has 0 fully saturated rings. The molecule has 1 aromatic rings. The van der Waals surface area contributed by atoms with Crippen LogP contribution in [0.2, 0.25) is 0 Å². The van der Waals surface area contributed by atoms with Crippen molar-refractivity contribution in [2.24, 2.45) is 5.11 Å². The molecule has 9 heteroatoms. The molecule has 1 aromatic heterocycles. The first-order valence-electron chi connectivity index (χ1n) is 5.03. The number of thiazole rings is 1. The molecule has 18 heavy (non-hydrogen) atoms. The molecule has 0 unspecified atom stereocenters. The zero-order valence-electron chi connectivity index (χ0n) is 9.84. The van der Waals surface area contributed by atoms with Gasteiger partial charge in [0.15, 0.2) is 5.13 Å². The molecule has 96 valence electrons. The topological polar surface area (TPSA) is 117 Å². The molecule has 0 aliphatic rings. The minimum absolute atomic E-state index is 0.272.